The average Bonchev–Trinajstić information content (AvgIpc) is 2.85. The van der Waals surface area contributed by atoms with Crippen molar-refractivity contribution in [2.75, 3.05) is 6.54 Å². The van der Waals surface area contributed by atoms with E-state index in [0.717, 1.165) is 34.8 Å². The molecule has 2 aromatic heterocycles. The molecular weight excluding hydrogens is 262 g/mol. The molecule has 0 saturated heterocycles. The first-order chi connectivity index (χ1) is 10.2. The van der Waals surface area contributed by atoms with Crippen LogP contribution < -0.4 is 5.73 Å². The van der Waals surface area contributed by atoms with Crippen molar-refractivity contribution in [3.05, 3.63) is 48.2 Å². The SMILES string of the molecule is CC(C)c1cc(-n2c(CCN)nc3ccccc32)ncn1. The van der Waals surface area contributed by atoms with Gasteiger partial charge in [0, 0.05) is 18.2 Å². The molecule has 0 aliphatic rings. The number of fused-ring (bicyclic) bond motifs is 1. The van der Waals surface area contributed by atoms with Crippen molar-refractivity contribution < 1.29 is 0 Å². The summed E-state index contributed by atoms with van der Waals surface area (Å²) in [5.74, 6) is 2.15. The second kappa shape index (κ2) is 5.61. The summed E-state index contributed by atoms with van der Waals surface area (Å²) < 4.78 is 2.08. The van der Waals surface area contributed by atoms with Crippen LogP contribution >= 0.6 is 0 Å². The van der Waals surface area contributed by atoms with Crippen molar-refractivity contribution in [2.24, 2.45) is 5.73 Å². The van der Waals surface area contributed by atoms with Crippen LogP contribution in [0.5, 0.6) is 0 Å². The number of nitrogens with zero attached hydrogens (tertiary/aromatic N) is 4. The highest BCUT2D eigenvalue weighted by Gasteiger charge is 2.13. The van der Waals surface area contributed by atoms with Gasteiger partial charge in [0.1, 0.15) is 18.0 Å². The standard InChI is InChI=1S/C16H19N5/c1-11(2)13-9-16(19-10-18-13)21-14-6-4-3-5-12(14)20-15(21)7-8-17/h3-6,9-11H,7-8,17H2,1-2H3. The van der Waals surface area contributed by atoms with Gasteiger partial charge in [0.15, 0.2) is 0 Å². The fraction of sp³-hybridized carbons (Fsp3) is 0.312. The molecule has 0 unspecified atom stereocenters. The second-order valence-electron chi connectivity index (χ2n) is 5.35. The number of nitrogens with two attached hydrogens (primary N) is 1. The lowest BCUT2D eigenvalue weighted by molar-refractivity contribution is 0.791. The molecule has 3 rings (SSSR count). The van der Waals surface area contributed by atoms with E-state index in [4.69, 9.17) is 5.73 Å². The summed E-state index contributed by atoms with van der Waals surface area (Å²) in [5, 5.41) is 0. The van der Waals surface area contributed by atoms with Crippen LogP contribution in [0, 0.1) is 0 Å². The summed E-state index contributed by atoms with van der Waals surface area (Å²) in [7, 11) is 0. The fourth-order valence-corrected chi connectivity index (χ4v) is 2.43. The molecule has 0 amide bonds. The van der Waals surface area contributed by atoms with Crippen LogP contribution in [0.3, 0.4) is 0 Å². The molecule has 5 nitrogen and oxygen atoms in total. The zero-order valence-corrected chi connectivity index (χ0v) is 12.3. The van der Waals surface area contributed by atoms with Crippen molar-refractivity contribution in [2.45, 2.75) is 26.2 Å². The van der Waals surface area contributed by atoms with Gasteiger partial charge in [-0.25, -0.2) is 15.0 Å². The molecule has 0 atom stereocenters. The Balaban J connectivity index is 2.22. The number of hydrogen-bond donors (Lipinski definition) is 1. The monoisotopic (exact) mass is 281 g/mol. The number of aromatic nitrogens is 4. The first-order valence-corrected chi connectivity index (χ1v) is 7.19. The highest BCUT2D eigenvalue weighted by molar-refractivity contribution is 5.77. The third-order valence-corrected chi connectivity index (χ3v) is 3.49. The van der Waals surface area contributed by atoms with Crippen LogP contribution in [0.2, 0.25) is 0 Å². The Bertz CT molecular complexity index is 760. The number of rotatable bonds is 4. The van der Waals surface area contributed by atoms with E-state index in [9.17, 15) is 0 Å². The lowest BCUT2D eigenvalue weighted by Gasteiger charge is -2.10. The van der Waals surface area contributed by atoms with Gasteiger partial charge >= 0.3 is 0 Å². The second-order valence-corrected chi connectivity index (χ2v) is 5.35. The van der Waals surface area contributed by atoms with E-state index in [-0.39, 0.29) is 0 Å². The van der Waals surface area contributed by atoms with E-state index in [2.05, 4.69) is 39.4 Å². The molecular formula is C16H19N5. The minimum atomic E-state index is 0.361. The molecule has 0 radical (unpaired) electrons. The Kier molecular flexibility index (Phi) is 3.66. The lowest BCUT2D eigenvalue weighted by atomic mass is 10.1. The third kappa shape index (κ3) is 2.52. The van der Waals surface area contributed by atoms with E-state index < -0.39 is 0 Å². The summed E-state index contributed by atoms with van der Waals surface area (Å²) >= 11 is 0. The molecule has 0 aliphatic carbocycles. The van der Waals surface area contributed by atoms with Crippen LogP contribution in [0.15, 0.2) is 36.7 Å². The number of imidazole rings is 1. The topological polar surface area (TPSA) is 69.6 Å². The molecule has 2 N–H and O–H groups in total. The van der Waals surface area contributed by atoms with Gasteiger partial charge < -0.3 is 5.73 Å². The Morgan fingerprint density at radius 1 is 1.19 bits per heavy atom. The third-order valence-electron chi connectivity index (χ3n) is 3.49. The minimum Gasteiger partial charge on any atom is -0.330 e. The van der Waals surface area contributed by atoms with Crippen molar-refractivity contribution in [3.63, 3.8) is 0 Å². The summed E-state index contributed by atoms with van der Waals surface area (Å²) in [6.45, 7) is 4.81. The van der Waals surface area contributed by atoms with E-state index in [0.29, 0.717) is 12.5 Å². The molecule has 5 heteroatoms. The molecule has 0 spiro atoms. The quantitative estimate of drug-likeness (QED) is 0.797. The highest BCUT2D eigenvalue weighted by atomic mass is 15.1. The highest BCUT2D eigenvalue weighted by Crippen LogP contribution is 2.22. The van der Waals surface area contributed by atoms with Crippen LogP contribution in [0.1, 0.15) is 31.3 Å². The van der Waals surface area contributed by atoms with Crippen LogP contribution in [0.4, 0.5) is 0 Å². The molecule has 0 saturated carbocycles. The molecule has 21 heavy (non-hydrogen) atoms. The van der Waals surface area contributed by atoms with E-state index in [1.165, 1.54) is 0 Å². The van der Waals surface area contributed by atoms with Gasteiger partial charge in [-0.15, -0.1) is 0 Å². The first-order valence-electron chi connectivity index (χ1n) is 7.19. The molecule has 3 aromatic rings. The fourth-order valence-electron chi connectivity index (χ4n) is 2.43. The normalized spacial score (nSPS) is 11.4. The summed E-state index contributed by atoms with van der Waals surface area (Å²) in [5.41, 5.74) is 8.76. The molecule has 0 fully saturated rings. The molecule has 0 aliphatic heterocycles. The first kappa shape index (κ1) is 13.7. The van der Waals surface area contributed by atoms with E-state index in [1.807, 2.05) is 24.3 Å². The summed E-state index contributed by atoms with van der Waals surface area (Å²) in [4.78, 5) is 13.4. The Morgan fingerprint density at radius 2 is 2.00 bits per heavy atom. The predicted molar refractivity (Wildman–Crippen MR) is 83.5 cm³/mol. The van der Waals surface area contributed by atoms with Gasteiger partial charge in [0.25, 0.3) is 0 Å². The van der Waals surface area contributed by atoms with Gasteiger partial charge in [-0.05, 0) is 24.6 Å². The zero-order chi connectivity index (χ0) is 14.8. The predicted octanol–water partition coefficient (Wildman–Crippen LogP) is 2.44. The smallest absolute Gasteiger partial charge is 0.142 e. The van der Waals surface area contributed by atoms with Crippen LogP contribution in [-0.2, 0) is 6.42 Å². The lowest BCUT2D eigenvalue weighted by Crippen LogP contribution is -2.10. The maximum atomic E-state index is 5.72. The summed E-state index contributed by atoms with van der Waals surface area (Å²) in [6, 6.07) is 10.1. The van der Waals surface area contributed by atoms with E-state index >= 15 is 0 Å². The van der Waals surface area contributed by atoms with Crippen LogP contribution in [0.25, 0.3) is 16.9 Å². The number of para-hydroxylation sites is 2. The van der Waals surface area contributed by atoms with Crippen molar-refractivity contribution in [1.29, 1.82) is 0 Å². The maximum absolute atomic E-state index is 5.72. The van der Waals surface area contributed by atoms with Gasteiger partial charge in [0.2, 0.25) is 0 Å². The van der Waals surface area contributed by atoms with Gasteiger partial charge in [-0.3, -0.25) is 4.57 Å². The summed E-state index contributed by atoms with van der Waals surface area (Å²) in [6.07, 6.45) is 2.33. The molecule has 2 heterocycles. The largest absolute Gasteiger partial charge is 0.330 e. The van der Waals surface area contributed by atoms with Gasteiger partial charge in [-0.1, -0.05) is 26.0 Å². The zero-order valence-electron chi connectivity index (χ0n) is 12.3. The molecule has 108 valence electrons. The Morgan fingerprint density at radius 3 is 2.76 bits per heavy atom. The molecule has 0 bridgehead atoms. The van der Waals surface area contributed by atoms with Crippen molar-refractivity contribution in [1.82, 2.24) is 19.5 Å². The average molecular weight is 281 g/mol. The van der Waals surface area contributed by atoms with Gasteiger partial charge in [0.05, 0.1) is 11.0 Å². The van der Waals surface area contributed by atoms with Gasteiger partial charge in [-0.2, -0.15) is 0 Å². The maximum Gasteiger partial charge on any atom is 0.142 e. The van der Waals surface area contributed by atoms with Crippen LogP contribution in [-0.4, -0.2) is 26.1 Å². The Hall–Kier alpha value is -2.27. The van der Waals surface area contributed by atoms with Crippen molar-refractivity contribution >= 4 is 11.0 Å². The van der Waals surface area contributed by atoms with Crippen molar-refractivity contribution in [3.8, 4) is 5.82 Å². The Labute approximate surface area is 123 Å². The molecule has 1 aromatic carbocycles. The van der Waals surface area contributed by atoms with E-state index in [1.54, 1.807) is 6.33 Å². The number of hydrogen-bond acceptors (Lipinski definition) is 4. The number of benzene rings is 1. The minimum absolute atomic E-state index is 0.361.